The van der Waals surface area contributed by atoms with Crippen LogP contribution in [0.1, 0.15) is 45.7 Å². The van der Waals surface area contributed by atoms with Crippen LogP contribution in [0.15, 0.2) is 48.5 Å². The second-order valence-corrected chi connectivity index (χ2v) is 8.27. The number of aromatic nitrogens is 2. The first-order chi connectivity index (χ1) is 15.7. The molecule has 0 unspecified atom stereocenters. The minimum Gasteiger partial charge on any atom is -0.497 e. The summed E-state index contributed by atoms with van der Waals surface area (Å²) < 4.78 is 47.6. The van der Waals surface area contributed by atoms with Crippen LogP contribution in [0.2, 0.25) is 5.02 Å². The molecule has 1 amide bonds. The number of halogens is 4. The van der Waals surface area contributed by atoms with Crippen LogP contribution in [-0.4, -0.2) is 29.0 Å². The van der Waals surface area contributed by atoms with Crippen molar-refractivity contribution in [2.75, 3.05) is 12.4 Å². The van der Waals surface area contributed by atoms with Crippen molar-refractivity contribution < 1.29 is 22.7 Å². The highest BCUT2D eigenvalue weighted by molar-refractivity contribution is 6.36. The van der Waals surface area contributed by atoms with E-state index < -0.39 is 24.2 Å². The van der Waals surface area contributed by atoms with Crippen molar-refractivity contribution >= 4 is 23.3 Å². The van der Waals surface area contributed by atoms with E-state index in [4.69, 9.17) is 16.3 Å². The lowest BCUT2D eigenvalue weighted by Gasteiger charge is -2.33. The van der Waals surface area contributed by atoms with E-state index in [0.717, 1.165) is 15.8 Å². The Kier molecular flexibility index (Phi) is 6.25. The average Bonchev–Trinajstić information content (AvgIpc) is 3.13. The van der Waals surface area contributed by atoms with Gasteiger partial charge in [0.25, 0.3) is 5.91 Å². The molecule has 0 saturated heterocycles. The topological polar surface area (TPSA) is 68.2 Å². The maximum absolute atomic E-state index is 13.9. The Morgan fingerprint density at radius 2 is 1.88 bits per heavy atom. The number of hydrogen-bond donors (Lipinski definition) is 2. The number of ether oxygens (including phenoxy) is 1. The molecule has 10 heteroatoms. The van der Waals surface area contributed by atoms with Gasteiger partial charge in [-0.05, 0) is 30.2 Å². The van der Waals surface area contributed by atoms with E-state index >= 15 is 0 Å². The fourth-order valence-electron chi connectivity index (χ4n) is 3.76. The third-order valence-corrected chi connectivity index (χ3v) is 5.96. The van der Waals surface area contributed by atoms with Gasteiger partial charge in [-0.3, -0.25) is 4.79 Å². The van der Waals surface area contributed by atoms with Crippen LogP contribution in [0.4, 0.5) is 19.0 Å². The molecule has 1 aliphatic heterocycles. The lowest BCUT2D eigenvalue weighted by Crippen LogP contribution is -2.35. The minimum atomic E-state index is -4.56. The van der Waals surface area contributed by atoms with Crippen LogP contribution >= 0.6 is 11.6 Å². The molecule has 2 N–H and O–H groups in total. The molecule has 0 radical (unpaired) electrons. The minimum absolute atomic E-state index is 0.0228. The van der Waals surface area contributed by atoms with E-state index in [2.05, 4.69) is 15.7 Å². The number of rotatable bonds is 5. The highest BCUT2D eigenvalue weighted by atomic mass is 35.5. The van der Waals surface area contributed by atoms with E-state index in [1.54, 1.807) is 43.5 Å². The molecule has 0 saturated carbocycles. The molecule has 174 valence electrons. The van der Waals surface area contributed by atoms with E-state index in [1.807, 2.05) is 19.1 Å². The van der Waals surface area contributed by atoms with Crippen molar-refractivity contribution in [3.8, 4) is 5.75 Å². The van der Waals surface area contributed by atoms with E-state index in [9.17, 15) is 18.0 Å². The molecule has 0 bridgehead atoms. The first kappa shape index (κ1) is 23.0. The molecule has 2 aromatic carbocycles. The van der Waals surface area contributed by atoms with Crippen molar-refractivity contribution in [2.45, 2.75) is 38.1 Å². The molecule has 0 fully saturated rings. The van der Waals surface area contributed by atoms with Crippen molar-refractivity contribution in [3.05, 3.63) is 75.9 Å². The largest absolute Gasteiger partial charge is 0.497 e. The summed E-state index contributed by atoms with van der Waals surface area (Å²) >= 11 is 6.36. The lowest BCUT2D eigenvalue weighted by atomic mass is 9.96. The molecular weight excluding hydrogens is 457 g/mol. The Labute approximate surface area is 193 Å². The summed E-state index contributed by atoms with van der Waals surface area (Å²) in [5.41, 5.74) is 2.23. The van der Waals surface area contributed by atoms with Crippen LogP contribution in [0.3, 0.4) is 0 Å². The second-order valence-electron chi connectivity index (χ2n) is 7.89. The Bertz CT molecular complexity index is 1140. The van der Waals surface area contributed by atoms with E-state index in [-0.39, 0.29) is 29.5 Å². The zero-order valence-corrected chi connectivity index (χ0v) is 18.7. The molecule has 3 aromatic rings. The van der Waals surface area contributed by atoms with Crippen molar-refractivity contribution in [1.82, 2.24) is 15.1 Å². The third kappa shape index (κ3) is 4.78. The van der Waals surface area contributed by atoms with Crippen LogP contribution in [0.25, 0.3) is 0 Å². The molecule has 0 aliphatic carbocycles. The van der Waals surface area contributed by atoms with Gasteiger partial charge in [-0.2, -0.15) is 18.3 Å². The van der Waals surface area contributed by atoms with Gasteiger partial charge in [0.05, 0.1) is 13.2 Å². The molecule has 4 rings (SSSR count). The van der Waals surface area contributed by atoms with Crippen LogP contribution in [0.5, 0.6) is 5.75 Å². The number of nitrogens with zero attached hydrogens (tertiary/aromatic N) is 2. The van der Waals surface area contributed by atoms with Gasteiger partial charge in [0.2, 0.25) is 0 Å². The summed E-state index contributed by atoms with van der Waals surface area (Å²) in [6.07, 6.45) is -4.84. The van der Waals surface area contributed by atoms with Crippen molar-refractivity contribution in [3.63, 3.8) is 0 Å². The maximum atomic E-state index is 13.9. The quantitative estimate of drug-likeness (QED) is 0.512. The second kappa shape index (κ2) is 8.97. The molecule has 1 aromatic heterocycles. The van der Waals surface area contributed by atoms with Gasteiger partial charge in [-0.15, -0.1) is 0 Å². The van der Waals surface area contributed by atoms with Gasteiger partial charge in [-0.25, -0.2) is 4.68 Å². The van der Waals surface area contributed by atoms with Crippen molar-refractivity contribution in [1.29, 1.82) is 0 Å². The summed E-state index contributed by atoms with van der Waals surface area (Å²) in [6, 6.07) is 11.7. The third-order valence-electron chi connectivity index (χ3n) is 5.60. The summed E-state index contributed by atoms with van der Waals surface area (Å²) in [4.78, 5) is 12.7. The number of methoxy groups -OCH3 is 1. The summed E-state index contributed by atoms with van der Waals surface area (Å²) in [5.74, 6) is -0.0139. The van der Waals surface area contributed by atoms with Gasteiger partial charge in [-0.1, -0.05) is 53.6 Å². The Hall–Kier alpha value is -3.20. The number of anilines is 1. The SMILES string of the molecule is COc1ccc(CNC(=O)c2nn3c(c2Cl)N[C@H](c2ccc(C)cc2)C[C@H]3C(F)(F)F)cc1. The number of nitrogens with one attached hydrogen (secondary N) is 2. The Morgan fingerprint density at radius 1 is 1.21 bits per heavy atom. The van der Waals surface area contributed by atoms with E-state index in [0.29, 0.717) is 11.3 Å². The molecule has 6 nitrogen and oxygen atoms in total. The molecule has 2 heterocycles. The van der Waals surface area contributed by atoms with E-state index in [1.165, 1.54) is 0 Å². The first-order valence-electron chi connectivity index (χ1n) is 10.3. The van der Waals surface area contributed by atoms with Gasteiger partial charge < -0.3 is 15.4 Å². The highest BCUT2D eigenvalue weighted by Gasteiger charge is 2.47. The average molecular weight is 479 g/mol. The van der Waals surface area contributed by atoms with Crippen LogP contribution in [-0.2, 0) is 6.54 Å². The normalized spacial score (nSPS) is 17.8. The number of aryl methyl sites for hydroxylation is 1. The number of benzene rings is 2. The smallest absolute Gasteiger partial charge is 0.410 e. The molecule has 1 aliphatic rings. The molecule has 2 atom stereocenters. The first-order valence-corrected chi connectivity index (χ1v) is 10.6. The van der Waals surface area contributed by atoms with Crippen LogP contribution < -0.4 is 15.4 Å². The summed E-state index contributed by atoms with van der Waals surface area (Å²) in [5, 5.41) is 9.50. The number of hydrogen-bond acceptors (Lipinski definition) is 4. The van der Waals surface area contributed by atoms with Crippen LogP contribution in [0, 0.1) is 6.92 Å². The monoisotopic (exact) mass is 478 g/mol. The molecule has 0 spiro atoms. The number of fused-ring (bicyclic) bond motifs is 1. The standard InChI is InChI=1S/C23H22ClF3N4O2/c1-13-3-7-15(8-4-13)17-11-18(23(25,26)27)31-21(29-17)19(24)20(30-31)22(32)28-12-14-5-9-16(33-2)10-6-14/h3-10,17-18,29H,11-12H2,1-2H3,(H,28,32)/t17-,18-/m0/s1. The predicted molar refractivity (Wildman–Crippen MR) is 119 cm³/mol. The fourth-order valence-corrected chi connectivity index (χ4v) is 4.03. The number of amides is 1. The fraction of sp³-hybridized carbons (Fsp3) is 0.304. The van der Waals surface area contributed by atoms with Crippen molar-refractivity contribution in [2.24, 2.45) is 0 Å². The zero-order chi connectivity index (χ0) is 23.8. The number of carbonyl (C=O) groups is 1. The maximum Gasteiger partial charge on any atom is 0.410 e. The number of carbonyl (C=O) groups excluding carboxylic acids is 1. The Morgan fingerprint density at radius 3 is 2.48 bits per heavy atom. The summed E-state index contributed by atoms with van der Waals surface area (Å²) in [6.45, 7) is 2.06. The van der Waals surface area contributed by atoms with Gasteiger partial charge in [0.15, 0.2) is 11.7 Å². The molecular formula is C23H22ClF3N4O2. The number of alkyl halides is 3. The molecule has 33 heavy (non-hydrogen) atoms. The highest BCUT2D eigenvalue weighted by Crippen LogP contribution is 2.46. The van der Waals surface area contributed by atoms with Gasteiger partial charge in [0.1, 0.15) is 16.6 Å². The van der Waals surface area contributed by atoms with Gasteiger partial charge >= 0.3 is 6.18 Å². The Balaban J connectivity index is 1.59. The lowest BCUT2D eigenvalue weighted by molar-refractivity contribution is -0.173. The van der Waals surface area contributed by atoms with Gasteiger partial charge in [0, 0.05) is 13.0 Å². The zero-order valence-electron chi connectivity index (χ0n) is 17.9. The predicted octanol–water partition coefficient (Wildman–Crippen LogP) is 5.44. The summed E-state index contributed by atoms with van der Waals surface area (Å²) in [7, 11) is 1.55.